The molecule has 162 valence electrons. The van der Waals surface area contributed by atoms with E-state index in [4.69, 9.17) is 4.74 Å². The van der Waals surface area contributed by atoms with Crippen molar-refractivity contribution >= 4 is 0 Å². The Morgan fingerprint density at radius 1 is 1.13 bits per heavy atom. The van der Waals surface area contributed by atoms with Crippen LogP contribution in [0.15, 0.2) is 36.7 Å². The zero-order valence-corrected chi connectivity index (χ0v) is 19.2. The van der Waals surface area contributed by atoms with Gasteiger partial charge in [0.2, 0.25) is 0 Å². The van der Waals surface area contributed by atoms with Crippen LogP contribution in [0.5, 0.6) is 0 Å². The number of benzene rings is 1. The Balaban J connectivity index is 1.50. The van der Waals surface area contributed by atoms with Gasteiger partial charge in [0.15, 0.2) is 0 Å². The lowest BCUT2D eigenvalue weighted by Crippen LogP contribution is -2.60. The van der Waals surface area contributed by atoms with E-state index < -0.39 is 0 Å². The van der Waals surface area contributed by atoms with Crippen LogP contribution in [0.3, 0.4) is 0 Å². The number of fused-ring (bicyclic) bond motifs is 5. The van der Waals surface area contributed by atoms with Gasteiger partial charge in [0.05, 0.1) is 17.2 Å². The van der Waals surface area contributed by atoms with Crippen molar-refractivity contribution in [3.63, 3.8) is 0 Å². The summed E-state index contributed by atoms with van der Waals surface area (Å²) in [6.07, 6.45) is 13.4. The van der Waals surface area contributed by atoms with E-state index >= 15 is 0 Å². The first-order valence-electron chi connectivity index (χ1n) is 12.0. The molecule has 2 fully saturated rings. The third-order valence-corrected chi connectivity index (χ3v) is 9.48. The summed E-state index contributed by atoms with van der Waals surface area (Å²) in [6.45, 7) is 4.69. The number of nitrogens with zero attached hydrogens (tertiary/aromatic N) is 2. The molecule has 31 heavy (non-hydrogen) atoms. The van der Waals surface area contributed by atoms with Crippen LogP contribution in [0.25, 0.3) is 0 Å². The first-order valence-corrected chi connectivity index (χ1v) is 12.0. The summed E-state index contributed by atoms with van der Waals surface area (Å²) in [4.78, 5) is 4.22. The summed E-state index contributed by atoms with van der Waals surface area (Å²) in [5, 5.41) is 9.48. The smallest absolute Gasteiger partial charge is 0.0994 e. The summed E-state index contributed by atoms with van der Waals surface area (Å²) in [7, 11) is 1.95. The van der Waals surface area contributed by atoms with Crippen LogP contribution >= 0.6 is 0 Å². The van der Waals surface area contributed by atoms with Gasteiger partial charge < -0.3 is 4.74 Å². The molecule has 3 heteroatoms. The molecule has 3 aliphatic carbocycles. The molecule has 3 unspecified atom stereocenters. The highest BCUT2D eigenvalue weighted by atomic mass is 16.5. The molecule has 0 bridgehead atoms. The third kappa shape index (κ3) is 3.06. The molecule has 1 aromatic carbocycles. The summed E-state index contributed by atoms with van der Waals surface area (Å²) in [5.41, 5.74) is 6.53. The average Bonchev–Trinajstić information content (AvgIpc) is 2.80. The molecule has 0 aliphatic heterocycles. The molecule has 0 spiro atoms. The van der Waals surface area contributed by atoms with Gasteiger partial charge in [0.1, 0.15) is 0 Å². The maximum absolute atomic E-state index is 9.48. The number of aromatic nitrogens is 1. The minimum atomic E-state index is -0.0941. The molecule has 0 N–H and O–H groups in total. The molecule has 2 saturated carbocycles. The van der Waals surface area contributed by atoms with Gasteiger partial charge in [-0.25, -0.2) is 0 Å². The van der Waals surface area contributed by atoms with E-state index in [2.05, 4.69) is 49.2 Å². The lowest BCUT2D eigenvalue weighted by atomic mass is 9.45. The SMILES string of the molecule is CO[C@@]1(Cc2ccncc2)CCCC2C3CCc4c(ccc(C#N)c4C)C3CC[C@@]21C. The summed E-state index contributed by atoms with van der Waals surface area (Å²) in [6, 6.07) is 11.1. The Kier molecular flexibility index (Phi) is 5.18. The number of methoxy groups -OCH3 is 1. The van der Waals surface area contributed by atoms with Crippen LogP contribution in [-0.2, 0) is 17.6 Å². The largest absolute Gasteiger partial charge is 0.377 e. The molecular weight excluding hydrogens is 380 g/mol. The van der Waals surface area contributed by atoms with Crippen LogP contribution in [-0.4, -0.2) is 17.7 Å². The Bertz CT molecular complexity index is 1010. The normalized spacial score (nSPS) is 34.2. The van der Waals surface area contributed by atoms with E-state index in [9.17, 15) is 5.26 Å². The number of hydrogen-bond donors (Lipinski definition) is 0. The minimum absolute atomic E-state index is 0.0941. The topological polar surface area (TPSA) is 45.9 Å². The first kappa shape index (κ1) is 20.7. The van der Waals surface area contributed by atoms with E-state index in [0.717, 1.165) is 30.7 Å². The predicted molar refractivity (Wildman–Crippen MR) is 123 cm³/mol. The van der Waals surface area contributed by atoms with Crippen molar-refractivity contribution in [3.8, 4) is 6.07 Å². The van der Waals surface area contributed by atoms with Gasteiger partial charge in [0.25, 0.3) is 0 Å². The molecule has 5 rings (SSSR count). The summed E-state index contributed by atoms with van der Waals surface area (Å²) >= 11 is 0. The van der Waals surface area contributed by atoms with E-state index in [1.54, 1.807) is 0 Å². The van der Waals surface area contributed by atoms with Gasteiger partial charge in [-0.1, -0.05) is 19.4 Å². The molecule has 1 heterocycles. The second-order valence-electron chi connectivity index (χ2n) is 10.4. The highest BCUT2D eigenvalue weighted by Crippen LogP contribution is 2.64. The quantitative estimate of drug-likeness (QED) is 0.606. The van der Waals surface area contributed by atoms with Crippen molar-refractivity contribution in [3.05, 3.63) is 64.5 Å². The molecule has 0 radical (unpaired) electrons. The van der Waals surface area contributed by atoms with E-state index in [1.807, 2.05) is 19.5 Å². The van der Waals surface area contributed by atoms with Gasteiger partial charge in [-0.05, 0) is 104 Å². The van der Waals surface area contributed by atoms with Crippen molar-refractivity contribution in [2.75, 3.05) is 7.11 Å². The Labute approximate surface area is 186 Å². The minimum Gasteiger partial charge on any atom is -0.377 e. The van der Waals surface area contributed by atoms with E-state index in [-0.39, 0.29) is 11.0 Å². The van der Waals surface area contributed by atoms with Gasteiger partial charge in [-0.3, -0.25) is 4.98 Å². The maximum atomic E-state index is 9.48. The number of nitriles is 1. The first-order chi connectivity index (χ1) is 15.0. The van der Waals surface area contributed by atoms with Crippen LogP contribution < -0.4 is 0 Å². The number of rotatable bonds is 3. The molecule has 2 aromatic rings. The van der Waals surface area contributed by atoms with Gasteiger partial charge >= 0.3 is 0 Å². The Morgan fingerprint density at radius 2 is 1.94 bits per heavy atom. The standard InChI is InChI=1S/C28H34N2O/c1-19-21(18-29)6-7-23-22(19)8-9-25-24(23)10-14-27(2)26(25)5-4-13-28(27,31-3)17-20-11-15-30-16-12-20/h6-7,11-12,15-16,24-26H,4-5,8-10,13-14,17H2,1-3H3/t24?,25?,26?,27-,28+/m0/s1. The number of pyridine rings is 1. The monoisotopic (exact) mass is 414 g/mol. The predicted octanol–water partition coefficient (Wildman–Crippen LogP) is 6.14. The molecule has 5 atom stereocenters. The molecule has 0 amide bonds. The zero-order valence-electron chi connectivity index (χ0n) is 19.2. The van der Waals surface area contributed by atoms with Gasteiger partial charge in [-0.2, -0.15) is 5.26 Å². The van der Waals surface area contributed by atoms with Crippen LogP contribution in [0.1, 0.15) is 79.2 Å². The van der Waals surface area contributed by atoms with Gasteiger partial charge in [-0.15, -0.1) is 0 Å². The molecule has 3 aliphatic rings. The summed E-state index contributed by atoms with van der Waals surface area (Å²) < 4.78 is 6.50. The molecule has 1 aromatic heterocycles. The van der Waals surface area contributed by atoms with Crippen molar-refractivity contribution in [2.24, 2.45) is 17.3 Å². The number of ether oxygens (including phenoxy) is 1. The lowest BCUT2D eigenvalue weighted by molar-refractivity contribution is -0.188. The van der Waals surface area contributed by atoms with E-state index in [0.29, 0.717) is 11.8 Å². The van der Waals surface area contributed by atoms with Crippen molar-refractivity contribution in [1.29, 1.82) is 5.26 Å². The fourth-order valence-corrected chi connectivity index (χ4v) is 7.80. The van der Waals surface area contributed by atoms with Crippen LogP contribution in [0.2, 0.25) is 0 Å². The zero-order chi connectivity index (χ0) is 21.6. The molecular formula is C28H34N2O. The Hall–Kier alpha value is -2.18. The average molecular weight is 415 g/mol. The Morgan fingerprint density at radius 3 is 2.68 bits per heavy atom. The third-order valence-electron chi connectivity index (χ3n) is 9.48. The highest BCUT2D eigenvalue weighted by Gasteiger charge is 2.59. The lowest BCUT2D eigenvalue weighted by Gasteiger charge is -2.62. The van der Waals surface area contributed by atoms with Gasteiger partial charge in [0, 0.05) is 31.3 Å². The second kappa shape index (κ2) is 7.75. The fourth-order valence-electron chi connectivity index (χ4n) is 7.80. The maximum Gasteiger partial charge on any atom is 0.0994 e. The van der Waals surface area contributed by atoms with E-state index in [1.165, 1.54) is 54.4 Å². The second-order valence-corrected chi connectivity index (χ2v) is 10.4. The van der Waals surface area contributed by atoms with Crippen molar-refractivity contribution < 1.29 is 4.74 Å². The van der Waals surface area contributed by atoms with Crippen LogP contribution in [0.4, 0.5) is 0 Å². The summed E-state index contributed by atoms with van der Waals surface area (Å²) in [5.74, 6) is 2.07. The number of hydrogen-bond acceptors (Lipinski definition) is 3. The van der Waals surface area contributed by atoms with Crippen molar-refractivity contribution in [1.82, 2.24) is 4.98 Å². The molecule has 3 nitrogen and oxygen atoms in total. The fraction of sp³-hybridized carbons (Fsp3) is 0.571. The highest BCUT2D eigenvalue weighted by molar-refractivity contribution is 5.49. The van der Waals surface area contributed by atoms with Crippen molar-refractivity contribution in [2.45, 2.75) is 76.7 Å². The molecule has 0 saturated heterocycles. The van der Waals surface area contributed by atoms with Crippen LogP contribution in [0, 0.1) is 35.5 Å².